The Kier molecular flexibility index (Phi) is 6.84. The number of rotatable bonds is 4. The van der Waals surface area contributed by atoms with E-state index >= 15 is 0 Å². The number of carbonyl (C=O) groups is 1. The number of nitrogens with one attached hydrogen (secondary N) is 1. The molecule has 106 valence electrons. The van der Waals surface area contributed by atoms with Gasteiger partial charge >= 0.3 is 5.97 Å². The number of carbonyl (C=O) groups excluding carboxylic acids is 1. The summed E-state index contributed by atoms with van der Waals surface area (Å²) in [5.41, 5.74) is 1.02. The molecule has 1 N–H and O–H groups in total. The van der Waals surface area contributed by atoms with Crippen molar-refractivity contribution >= 4 is 5.97 Å². The Balaban J connectivity index is 0.00000180. The molecular weight excluding hydrogens is 266 g/mol. The molecular formula is C14H20ClNO3. The van der Waals surface area contributed by atoms with Crippen molar-refractivity contribution < 1.29 is 31.6 Å². The van der Waals surface area contributed by atoms with Gasteiger partial charge in [0.15, 0.2) is 0 Å². The van der Waals surface area contributed by atoms with Crippen LogP contribution in [-0.2, 0) is 14.3 Å². The minimum Gasteiger partial charge on any atom is -1.00 e. The highest BCUT2D eigenvalue weighted by Gasteiger charge is 2.33. The molecule has 1 aliphatic rings. The molecule has 1 fully saturated rings. The van der Waals surface area contributed by atoms with E-state index in [1.54, 1.807) is 0 Å². The van der Waals surface area contributed by atoms with Crippen LogP contribution in [0.4, 0.5) is 0 Å². The molecule has 0 aliphatic carbocycles. The van der Waals surface area contributed by atoms with Crippen LogP contribution in [0.5, 0.6) is 0 Å². The quantitative estimate of drug-likeness (QED) is 0.608. The van der Waals surface area contributed by atoms with Gasteiger partial charge in [-0.2, -0.15) is 0 Å². The van der Waals surface area contributed by atoms with Gasteiger partial charge in [-0.3, -0.25) is 0 Å². The molecule has 1 aromatic rings. The van der Waals surface area contributed by atoms with E-state index in [4.69, 9.17) is 9.47 Å². The smallest absolute Gasteiger partial charge is 0.369 e. The average Bonchev–Trinajstić information content (AvgIpc) is 2.42. The third-order valence-corrected chi connectivity index (χ3v) is 3.20. The third kappa shape index (κ3) is 4.20. The van der Waals surface area contributed by atoms with Crippen LogP contribution in [0.3, 0.4) is 0 Å². The van der Waals surface area contributed by atoms with E-state index < -0.39 is 0 Å². The second-order valence-corrected chi connectivity index (χ2v) is 4.37. The van der Waals surface area contributed by atoms with Crippen LogP contribution in [0.1, 0.15) is 18.5 Å². The number of hydrogen-bond acceptors (Lipinski definition) is 3. The van der Waals surface area contributed by atoms with Crippen molar-refractivity contribution in [1.82, 2.24) is 0 Å². The summed E-state index contributed by atoms with van der Waals surface area (Å²) >= 11 is 0. The van der Waals surface area contributed by atoms with Crippen LogP contribution in [0.2, 0.25) is 0 Å². The minimum absolute atomic E-state index is 0. The van der Waals surface area contributed by atoms with Crippen molar-refractivity contribution in [3.05, 3.63) is 35.9 Å². The lowest BCUT2D eigenvalue weighted by atomic mass is 10.1. The predicted octanol–water partition coefficient (Wildman–Crippen LogP) is -2.79. The first-order valence-corrected chi connectivity index (χ1v) is 6.47. The zero-order valence-electron chi connectivity index (χ0n) is 11.1. The molecule has 0 radical (unpaired) electrons. The summed E-state index contributed by atoms with van der Waals surface area (Å²) in [4.78, 5) is 13.4. The van der Waals surface area contributed by atoms with Crippen LogP contribution in [-0.4, -0.2) is 38.9 Å². The summed E-state index contributed by atoms with van der Waals surface area (Å²) in [6, 6.07) is 9.63. The fourth-order valence-electron chi connectivity index (χ4n) is 2.33. The SMILES string of the molecule is CCOC(=O)C(c1ccccc1)[NH+]1CCOCC1.[Cl-]. The molecule has 0 amide bonds. The largest absolute Gasteiger partial charge is 1.00 e. The zero-order valence-corrected chi connectivity index (χ0v) is 11.9. The van der Waals surface area contributed by atoms with Gasteiger partial charge in [-0.15, -0.1) is 0 Å². The van der Waals surface area contributed by atoms with Crippen molar-refractivity contribution in [1.29, 1.82) is 0 Å². The van der Waals surface area contributed by atoms with Crippen molar-refractivity contribution in [2.75, 3.05) is 32.9 Å². The molecule has 1 saturated heterocycles. The van der Waals surface area contributed by atoms with E-state index in [1.165, 1.54) is 4.90 Å². The van der Waals surface area contributed by atoms with Crippen LogP contribution < -0.4 is 17.3 Å². The molecule has 19 heavy (non-hydrogen) atoms. The number of esters is 1. The Hall–Kier alpha value is -1.10. The highest BCUT2D eigenvalue weighted by molar-refractivity contribution is 5.76. The molecule has 0 spiro atoms. The molecule has 1 atom stereocenters. The summed E-state index contributed by atoms with van der Waals surface area (Å²) in [6.45, 7) is 5.37. The summed E-state index contributed by atoms with van der Waals surface area (Å²) in [6.07, 6.45) is 0. The lowest BCUT2D eigenvalue weighted by molar-refractivity contribution is -0.930. The third-order valence-electron chi connectivity index (χ3n) is 3.20. The molecule has 1 heterocycles. The molecule has 4 nitrogen and oxygen atoms in total. The number of morpholine rings is 1. The number of hydrogen-bond donors (Lipinski definition) is 1. The van der Waals surface area contributed by atoms with Gasteiger partial charge in [-0.05, 0) is 6.92 Å². The Morgan fingerprint density at radius 3 is 2.53 bits per heavy atom. The second kappa shape index (κ2) is 8.15. The van der Waals surface area contributed by atoms with Gasteiger partial charge in [0, 0.05) is 5.56 Å². The van der Waals surface area contributed by atoms with Crippen molar-refractivity contribution in [3.63, 3.8) is 0 Å². The minimum atomic E-state index is -0.227. The first kappa shape index (κ1) is 16.0. The predicted molar refractivity (Wildman–Crippen MR) is 67.3 cm³/mol. The Morgan fingerprint density at radius 2 is 1.95 bits per heavy atom. The Morgan fingerprint density at radius 1 is 1.32 bits per heavy atom. The molecule has 1 aliphatic heterocycles. The molecule has 1 unspecified atom stereocenters. The fourth-order valence-corrected chi connectivity index (χ4v) is 2.33. The summed E-state index contributed by atoms with van der Waals surface area (Å²) in [5.74, 6) is -0.138. The van der Waals surface area contributed by atoms with E-state index in [-0.39, 0.29) is 24.4 Å². The molecule has 0 aromatic heterocycles. The Labute approximate surface area is 120 Å². The lowest BCUT2D eigenvalue weighted by Gasteiger charge is -2.30. The van der Waals surface area contributed by atoms with Crippen LogP contribution in [0, 0.1) is 0 Å². The van der Waals surface area contributed by atoms with Gasteiger partial charge in [-0.1, -0.05) is 30.3 Å². The van der Waals surface area contributed by atoms with Gasteiger partial charge in [0.25, 0.3) is 0 Å². The van der Waals surface area contributed by atoms with Gasteiger partial charge in [0.2, 0.25) is 6.04 Å². The van der Waals surface area contributed by atoms with Crippen LogP contribution >= 0.6 is 0 Å². The summed E-state index contributed by atoms with van der Waals surface area (Å²) in [7, 11) is 0. The highest BCUT2D eigenvalue weighted by atomic mass is 35.5. The Bertz CT molecular complexity index is 380. The van der Waals surface area contributed by atoms with Crippen LogP contribution in [0.25, 0.3) is 0 Å². The van der Waals surface area contributed by atoms with Gasteiger partial charge in [0.1, 0.15) is 13.1 Å². The van der Waals surface area contributed by atoms with Gasteiger partial charge in [0.05, 0.1) is 19.8 Å². The summed E-state index contributed by atoms with van der Waals surface area (Å²) in [5, 5.41) is 0. The average molecular weight is 286 g/mol. The highest BCUT2D eigenvalue weighted by Crippen LogP contribution is 2.11. The maximum Gasteiger partial charge on any atom is 0.369 e. The zero-order chi connectivity index (χ0) is 12.8. The number of ether oxygens (including phenoxy) is 2. The monoisotopic (exact) mass is 285 g/mol. The summed E-state index contributed by atoms with van der Waals surface area (Å²) < 4.78 is 10.6. The van der Waals surface area contributed by atoms with Crippen LogP contribution in [0.15, 0.2) is 30.3 Å². The van der Waals surface area contributed by atoms with E-state index in [0.717, 1.165) is 18.7 Å². The molecule has 1 aromatic carbocycles. The van der Waals surface area contributed by atoms with E-state index in [0.29, 0.717) is 19.8 Å². The normalized spacial score (nSPS) is 17.3. The first-order chi connectivity index (χ1) is 8.83. The van der Waals surface area contributed by atoms with Gasteiger partial charge < -0.3 is 26.8 Å². The maximum absolute atomic E-state index is 12.2. The van der Waals surface area contributed by atoms with Crippen molar-refractivity contribution in [2.24, 2.45) is 0 Å². The second-order valence-electron chi connectivity index (χ2n) is 4.37. The van der Waals surface area contributed by atoms with Crippen molar-refractivity contribution in [3.8, 4) is 0 Å². The topological polar surface area (TPSA) is 40.0 Å². The van der Waals surface area contributed by atoms with Gasteiger partial charge in [-0.25, -0.2) is 4.79 Å². The van der Waals surface area contributed by atoms with E-state index in [1.807, 2.05) is 37.3 Å². The fraction of sp³-hybridized carbons (Fsp3) is 0.500. The van der Waals surface area contributed by atoms with E-state index in [2.05, 4.69) is 0 Å². The lowest BCUT2D eigenvalue weighted by Crippen LogP contribution is -3.15. The number of quaternary nitrogens is 1. The van der Waals surface area contributed by atoms with E-state index in [9.17, 15) is 4.79 Å². The molecule has 0 saturated carbocycles. The standard InChI is InChI=1S/C14H19NO3.ClH/c1-2-18-14(16)13(12-6-4-3-5-7-12)15-8-10-17-11-9-15;/h3-7,13H,2,8-11H2,1H3;1H. The maximum atomic E-state index is 12.2. The number of halogens is 1. The molecule has 0 bridgehead atoms. The van der Waals surface area contributed by atoms with Crippen molar-refractivity contribution in [2.45, 2.75) is 13.0 Å². The molecule has 2 rings (SSSR count). The first-order valence-electron chi connectivity index (χ1n) is 6.47. The molecule has 5 heteroatoms. The number of benzene rings is 1.